The van der Waals surface area contributed by atoms with Crippen LogP contribution in [0.3, 0.4) is 0 Å². The van der Waals surface area contributed by atoms with Gasteiger partial charge in [-0.3, -0.25) is 9.59 Å². The van der Waals surface area contributed by atoms with Gasteiger partial charge in [-0.05, 0) is 49.4 Å². The first-order valence-electron chi connectivity index (χ1n) is 7.91. The number of fused-ring (bicyclic) bond motifs is 1. The third-order valence-electron chi connectivity index (χ3n) is 5.67. The van der Waals surface area contributed by atoms with Crippen molar-refractivity contribution < 1.29 is 19.8 Å². The van der Waals surface area contributed by atoms with Gasteiger partial charge in [-0.25, -0.2) is 0 Å². The summed E-state index contributed by atoms with van der Waals surface area (Å²) in [6.07, 6.45) is 5.15. The largest absolute Gasteiger partial charge is 0.481 e. The van der Waals surface area contributed by atoms with Gasteiger partial charge in [0.2, 0.25) is 0 Å². The molecule has 2 saturated carbocycles. The lowest BCUT2D eigenvalue weighted by molar-refractivity contribution is -0.155. The fraction of sp³-hybridized carbons (Fsp3) is 0.875. The Labute approximate surface area is 120 Å². The lowest BCUT2D eigenvalue weighted by Gasteiger charge is -2.49. The monoisotopic (exact) mass is 282 g/mol. The Balaban J connectivity index is 2.21. The van der Waals surface area contributed by atoms with Crippen LogP contribution < -0.4 is 0 Å². The average Bonchev–Trinajstić information content (AvgIpc) is 2.40. The van der Waals surface area contributed by atoms with Crippen molar-refractivity contribution in [1.82, 2.24) is 0 Å². The molecule has 4 nitrogen and oxygen atoms in total. The van der Waals surface area contributed by atoms with E-state index in [1.807, 2.05) is 0 Å². The molecule has 0 saturated heterocycles. The van der Waals surface area contributed by atoms with Gasteiger partial charge in [0.25, 0.3) is 0 Å². The predicted octanol–water partition coefficient (Wildman–Crippen LogP) is 3.26. The molecule has 2 N–H and O–H groups in total. The van der Waals surface area contributed by atoms with Crippen LogP contribution in [0.25, 0.3) is 0 Å². The molecule has 0 aromatic heterocycles. The maximum atomic E-state index is 11.5. The van der Waals surface area contributed by atoms with Crippen molar-refractivity contribution in [2.75, 3.05) is 0 Å². The summed E-state index contributed by atoms with van der Waals surface area (Å²) in [4.78, 5) is 22.8. The van der Waals surface area contributed by atoms with Crippen molar-refractivity contribution in [3.63, 3.8) is 0 Å². The molecule has 2 aliphatic carbocycles. The maximum Gasteiger partial charge on any atom is 0.306 e. The number of carbonyl (C=O) groups is 2. The first-order chi connectivity index (χ1) is 9.45. The summed E-state index contributed by atoms with van der Waals surface area (Å²) < 4.78 is 0. The second-order valence-corrected chi connectivity index (χ2v) is 6.79. The standard InChI is InChI=1S/C16H26O4/c1-3-4-11-9(2)7-14(16(19)20)13-8-10(15(17)18)5-6-12(11)13/h9-14H,3-8H2,1-2H3,(H,17,18)(H,19,20). The number of aliphatic carboxylic acids is 2. The second-order valence-electron chi connectivity index (χ2n) is 6.79. The zero-order valence-corrected chi connectivity index (χ0v) is 12.4. The molecule has 4 heteroatoms. The molecule has 20 heavy (non-hydrogen) atoms. The molecule has 0 aliphatic heterocycles. The second kappa shape index (κ2) is 6.15. The highest BCUT2D eigenvalue weighted by Gasteiger charge is 2.48. The summed E-state index contributed by atoms with van der Waals surface area (Å²) in [6, 6.07) is 0. The van der Waals surface area contributed by atoms with E-state index < -0.39 is 11.9 Å². The summed E-state index contributed by atoms with van der Waals surface area (Å²) in [6.45, 7) is 4.35. The lowest BCUT2D eigenvalue weighted by Crippen LogP contribution is -2.46. The van der Waals surface area contributed by atoms with E-state index >= 15 is 0 Å². The van der Waals surface area contributed by atoms with Crippen LogP contribution in [0, 0.1) is 35.5 Å². The topological polar surface area (TPSA) is 74.6 Å². The molecular formula is C16H26O4. The SMILES string of the molecule is CCCC1C(C)CC(C(=O)O)C2CC(C(=O)O)CCC12. The summed E-state index contributed by atoms with van der Waals surface area (Å²) in [5.74, 6) is -0.662. The van der Waals surface area contributed by atoms with E-state index in [0.717, 1.165) is 25.7 Å². The Morgan fingerprint density at radius 2 is 1.75 bits per heavy atom. The van der Waals surface area contributed by atoms with Crippen molar-refractivity contribution in [3.05, 3.63) is 0 Å². The lowest BCUT2D eigenvalue weighted by atomic mass is 9.55. The van der Waals surface area contributed by atoms with Crippen LogP contribution in [0.1, 0.15) is 52.4 Å². The Hall–Kier alpha value is -1.06. The van der Waals surface area contributed by atoms with Crippen LogP contribution in [-0.4, -0.2) is 22.2 Å². The van der Waals surface area contributed by atoms with Gasteiger partial charge >= 0.3 is 11.9 Å². The zero-order valence-electron chi connectivity index (χ0n) is 12.4. The van der Waals surface area contributed by atoms with E-state index in [9.17, 15) is 19.8 Å². The van der Waals surface area contributed by atoms with Crippen LogP contribution in [0.15, 0.2) is 0 Å². The average molecular weight is 282 g/mol. The predicted molar refractivity (Wildman–Crippen MR) is 75.3 cm³/mol. The van der Waals surface area contributed by atoms with Crippen molar-refractivity contribution in [1.29, 1.82) is 0 Å². The molecule has 114 valence electrons. The van der Waals surface area contributed by atoms with Gasteiger partial charge in [0.1, 0.15) is 0 Å². The summed E-state index contributed by atoms with van der Waals surface area (Å²) in [5.41, 5.74) is 0. The molecule has 2 fully saturated rings. The first-order valence-corrected chi connectivity index (χ1v) is 7.91. The molecular weight excluding hydrogens is 256 g/mol. The minimum absolute atomic E-state index is 0.0649. The molecule has 2 aliphatic rings. The molecule has 0 aromatic rings. The van der Waals surface area contributed by atoms with Gasteiger partial charge in [-0.2, -0.15) is 0 Å². The van der Waals surface area contributed by atoms with Crippen LogP contribution in [0.5, 0.6) is 0 Å². The molecule has 0 spiro atoms. The van der Waals surface area contributed by atoms with Gasteiger partial charge in [0, 0.05) is 0 Å². The van der Waals surface area contributed by atoms with E-state index in [0.29, 0.717) is 30.6 Å². The molecule has 6 unspecified atom stereocenters. The molecule has 0 radical (unpaired) electrons. The minimum Gasteiger partial charge on any atom is -0.481 e. The molecule has 0 aromatic carbocycles. The first kappa shape index (κ1) is 15.3. The van der Waals surface area contributed by atoms with E-state index in [-0.39, 0.29) is 17.8 Å². The Morgan fingerprint density at radius 1 is 1.05 bits per heavy atom. The summed E-state index contributed by atoms with van der Waals surface area (Å²) in [7, 11) is 0. The van der Waals surface area contributed by atoms with Crippen molar-refractivity contribution in [2.24, 2.45) is 35.5 Å². The Kier molecular flexibility index (Phi) is 4.71. The summed E-state index contributed by atoms with van der Waals surface area (Å²) in [5, 5.41) is 18.7. The molecule has 0 amide bonds. The van der Waals surface area contributed by atoms with Gasteiger partial charge in [-0.15, -0.1) is 0 Å². The van der Waals surface area contributed by atoms with E-state index in [2.05, 4.69) is 13.8 Å². The molecule has 6 atom stereocenters. The normalized spacial score (nSPS) is 40.9. The molecule has 2 rings (SSSR count). The number of rotatable bonds is 4. The van der Waals surface area contributed by atoms with Gasteiger partial charge in [0.05, 0.1) is 11.8 Å². The minimum atomic E-state index is -0.752. The van der Waals surface area contributed by atoms with Gasteiger partial charge in [-0.1, -0.05) is 26.7 Å². The number of carboxylic acid groups (broad SMARTS) is 2. The Bertz CT molecular complexity index is 379. The third kappa shape index (κ3) is 2.84. The van der Waals surface area contributed by atoms with Crippen molar-refractivity contribution >= 4 is 11.9 Å². The highest BCUT2D eigenvalue weighted by Crippen LogP contribution is 2.51. The van der Waals surface area contributed by atoms with Gasteiger partial charge < -0.3 is 10.2 Å². The number of hydrogen-bond donors (Lipinski definition) is 2. The quantitative estimate of drug-likeness (QED) is 0.830. The highest BCUT2D eigenvalue weighted by atomic mass is 16.4. The highest BCUT2D eigenvalue weighted by molar-refractivity contribution is 5.72. The fourth-order valence-corrected chi connectivity index (χ4v) is 4.74. The Morgan fingerprint density at radius 3 is 2.30 bits per heavy atom. The fourth-order valence-electron chi connectivity index (χ4n) is 4.74. The van der Waals surface area contributed by atoms with E-state index in [1.165, 1.54) is 0 Å². The molecule has 0 heterocycles. The zero-order chi connectivity index (χ0) is 14.9. The van der Waals surface area contributed by atoms with E-state index in [4.69, 9.17) is 0 Å². The van der Waals surface area contributed by atoms with E-state index in [1.54, 1.807) is 0 Å². The van der Waals surface area contributed by atoms with Crippen molar-refractivity contribution in [3.8, 4) is 0 Å². The van der Waals surface area contributed by atoms with Crippen LogP contribution >= 0.6 is 0 Å². The number of carboxylic acids is 2. The third-order valence-corrected chi connectivity index (χ3v) is 5.67. The maximum absolute atomic E-state index is 11.5. The van der Waals surface area contributed by atoms with Crippen LogP contribution in [-0.2, 0) is 9.59 Å². The smallest absolute Gasteiger partial charge is 0.306 e. The van der Waals surface area contributed by atoms with Crippen molar-refractivity contribution in [2.45, 2.75) is 52.4 Å². The van der Waals surface area contributed by atoms with Crippen LogP contribution in [0.4, 0.5) is 0 Å². The van der Waals surface area contributed by atoms with Gasteiger partial charge in [0.15, 0.2) is 0 Å². The van der Waals surface area contributed by atoms with Crippen LogP contribution in [0.2, 0.25) is 0 Å². The molecule has 0 bridgehead atoms. The number of hydrogen-bond acceptors (Lipinski definition) is 2. The summed E-state index contributed by atoms with van der Waals surface area (Å²) >= 11 is 0.